The molecule has 0 spiro atoms. The van der Waals surface area contributed by atoms with Gasteiger partial charge in [-0.25, -0.2) is 5.01 Å². The average molecular weight is 392 g/mol. The normalized spacial score (nSPS) is 17.5. The number of pyridine rings is 1. The van der Waals surface area contributed by atoms with Gasteiger partial charge in [-0.15, -0.1) is 4.40 Å². The molecule has 0 fully saturated rings. The minimum atomic E-state index is -3.94. The monoisotopic (exact) mass is 391 g/mol. The quantitative estimate of drug-likeness (QED) is 0.639. The zero-order valence-electron chi connectivity index (χ0n) is 14.1. The summed E-state index contributed by atoms with van der Waals surface area (Å²) in [6, 6.07) is 11.4. The van der Waals surface area contributed by atoms with Crippen molar-refractivity contribution in [3.8, 4) is 0 Å². The molecule has 0 saturated carbocycles. The summed E-state index contributed by atoms with van der Waals surface area (Å²) in [6.45, 7) is 2.35. The molecule has 26 heavy (non-hydrogen) atoms. The maximum Gasteiger partial charge on any atom is 0.285 e. The average Bonchev–Trinajstić information content (AvgIpc) is 3.12. The van der Waals surface area contributed by atoms with E-state index >= 15 is 0 Å². The van der Waals surface area contributed by atoms with Gasteiger partial charge in [-0.2, -0.15) is 13.5 Å². The standard InChI is InChI=1S/C17H18ClN5O2S/c1-2-19-17(22-26(24,25)14-7-5-6-13(18)12-14)23-16(9-11-21-23)15-8-3-4-10-20-15/h3-8,10-12,16H,2,9H2,1H3,(H,19,22). The van der Waals surface area contributed by atoms with Crippen LogP contribution in [0, 0.1) is 0 Å². The third kappa shape index (κ3) is 4.03. The van der Waals surface area contributed by atoms with Crippen molar-refractivity contribution in [2.75, 3.05) is 6.54 Å². The largest absolute Gasteiger partial charge is 0.354 e. The molecule has 1 aromatic carbocycles. The Kier molecular flexibility index (Phi) is 5.53. The summed E-state index contributed by atoms with van der Waals surface area (Å²) in [5, 5.41) is 9.16. The Morgan fingerprint density at radius 1 is 1.35 bits per heavy atom. The Labute approximate surface area is 157 Å². The first-order valence-electron chi connectivity index (χ1n) is 8.08. The highest BCUT2D eigenvalue weighted by molar-refractivity contribution is 7.90. The second-order valence-corrected chi connectivity index (χ2v) is 7.57. The summed E-state index contributed by atoms with van der Waals surface area (Å²) in [5.41, 5.74) is 0.788. The van der Waals surface area contributed by atoms with E-state index in [1.165, 1.54) is 12.1 Å². The van der Waals surface area contributed by atoms with Gasteiger partial charge in [0.05, 0.1) is 10.6 Å². The van der Waals surface area contributed by atoms with Gasteiger partial charge in [0.15, 0.2) is 0 Å². The smallest absolute Gasteiger partial charge is 0.285 e. The number of halogens is 1. The molecule has 1 aliphatic heterocycles. The molecule has 1 N–H and O–H groups in total. The summed E-state index contributed by atoms with van der Waals surface area (Å²) in [4.78, 5) is 4.37. The third-order valence-electron chi connectivity index (χ3n) is 3.71. The first-order valence-corrected chi connectivity index (χ1v) is 9.90. The van der Waals surface area contributed by atoms with Gasteiger partial charge in [0.2, 0.25) is 5.96 Å². The van der Waals surface area contributed by atoms with Crippen molar-refractivity contribution in [3.63, 3.8) is 0 Å². The Morgan fingerprint density at radius 3 is 2.88 bits per heavy atom. The molecule has 0 saturated heterocycles. The lowest BCUT2D eigenvalue weighted by molar-refractivity contribution is 0.351. The summed E-state index contributed by atoms with van der Waals surface area (Å²) in [6.07, 6.45) is 4.02. The molecule has 1 unspecified atom stereocenters. The van der Waals surface area contributed by atoms with Gasteiger partial charge in [-0.05, 0) is 37.3 Å². The fourth-order valence-electron chi connectivity index (χ4n) is 2.54. The number of aromatic nitrogens is 1. The Balaban J connectivity index is 1.98. The molecule has 136 valence electrons. The van der Waals surface area contributed by atoms with Crippen LogP contribution in [0.25, 0.3) is 0 Å². The number of sulfonamides is 1. The molecular weight excluding hydrogens is 374 g/mol. The van der Waals surface area contributed by atoms with Gasteiger partial charge in [0.25, 0.3) is 10.0 Å². The maximum absolute atomic E-state index is 12.7. The minimum Gasteiger partial charge on any atom is -0.354 e. The number of benzene rings is 1. The molecule has 0 radical (unpaired) electrons. The predicted octanol–water partition coefficient (Wildman–Crippen LogP) is 2.82. The van der Waals surface area contributed by atoms with Gasteiger partial charge >= 0.3 is 0 Å². The molecule has 7 nitrogen and oxygen atoms in total. The molecule has 3 rings (SSSR count). The van der Waals surface area contributed by atoms with Crippen molar-refractivity contribution < 1.29 is 8.42 Å². The van der Waals surface area contributed by atoms with Crippen molar-refractivity contribution in [3.05, 3.63) is 59.4 Å². The Morgan fingerprint density at radius 2 is 2.19 bits per heavy atom. The number of nitrogens with zero attached hydrogens (tertiary/aromatic N) is 4. The maximum atomic E-state index is 12.7. The first kappa shape index (κ1) is 18.3. The molecule has 2 aromatic rings. The molecule has 1 atom stereocenters. The van der Waals surface area contributed by atoms with Crippen molar-refractivity contribution in [2.45, 2.75) is 24.3 Å². The number of hydrogen-bond donors (Lipinski definition) is 1. The molecular formula is C17H18ClN5O2S. The van der Waals surface area contributed by atoms with E-state index in [-0.39, 0.29) is 16.9 Å². The van der Waals surface area contributed by atoms with E-state index in [4.69, 9.17) is 11.6 Å². The molecule has 2 heterocycles. The van der Waals surface area contributed by atoms with Crippen LogP contribution in [0.15, 0.2) is 63.1 Å². The van der Waals surface area contributed by atoms with E-state index in [1.54, 1.807) is 29.6 Å². The lowest BCUT2D eigenvalue weighted by atomic mass is 10.1. The number of rotatable bonds is 4. The zero-order chi connectivity index (χ0) is 18.6. The highest BCUT2D eigenvalue weighted by Crippen LogP contribution is 2.27. The molecule has 0 bridgehead atoms. The van der Waals surface area contributed by atoms with E-state index in [2.05, 4.69) is 19.8 Å². The molecule has 1 aromatic heterocycles. The number of hydrazone groups is 1. The number of guanidine groups is 1. The van der Waals surface area contributed by atoms with E-state index in [1.807, 2.05) is 25.1 Å². The highest BCUT2D eigenvalue weighted by atomic mass is 35.5. The van der Waals surface area contributed by atoms with E-state index in [0.717, 1.165) is 5.69 Å². The summed E-state index contributed by atoms with van der Waals surface area (Å²) in [5.74, 6) is 0.150. The third-order valence-corrected chi connectivity index (χ3v) is 5.21. The topological polar surface area (TPSA) is 87.0 Å². The van der Waals surface area contributed by atoms with Crippen molar-refractivity contribution >= 4 is 33.8 Å². The minimum absolute atomic E-state index is 0.0259. The van der Waals surface area contributed by atoms with Crippen molar-refractivity contribution in [1.29, 1.82) is 0 Å². The van der Waals surface area contributed by atoms with Crippen LogP contribution in [-0.2, 0) is 10.0 Å². The SMILES string of the molecule is CCN/C(=N\S(=O)(=O)c1cccc(Cl)c1)N1N=CCC1c1ccccn1. The number of nitrogens with one attached hydrogen (secondary N) is 1. The highest BCUT2D eigenvalue weighted by Gasteiger charge is 2.29. The Bertz CT molecular complexity index is 931. The van der Waals surface area contributed by atoms with Crippen LogP contribution < -0.4 is 5.32 Å². The van der Waals surface area contributed by atoms with Crippen molar-refractivity contribution in [1.82, 2.24) is 15.3 Å². The summed E-state index contributed by atoms with van der Waals surface area (Å²) < 4.78 is 29.3. The second kappa shape index (κ2) is 7.84. The van der Waals surface area contributed by atoms with Gasteiger partial charge in [-0.1, -0.05) is 23.7 Å². The first-order chi connectivity index (χ1) is 12.5. The molecule has 0 amide bonds. The van der Waals surface area contributed by atoms with Gasteiger partial charge in [0.1, 0.15) is 6.04 Å². The van der Waals surface area contributed by atoms with Crippen molar-refractivity contribution in [2.24, 2.45) is 9.50 Å². The fourth-order valence-corrected chi connectivity index (χ4v) is 3.81. The van der Waals surface area contributed by atoms with Crippen LogP contribution in [0.4, 0.5) is 0 Å². The zero-order valence-corrected chi connectivity index (χ0v) is 15.7. The Hall–Kier alpha value is -2.45. The predicted molar refractivity (Wildman–Crippen MR) is 102 cm³/mol. The summed E-state index contributed by atoms with van der Waals surface area (Å²) in [7, 11) is -3.94. The van der Waals surface area contributed by atoms with E-state index < -0.39 is 10.0 Å². The van der Waals surface area contributed by atoms with Crippen LogP contribution >= 0.6 is 11.6 Å². The number of hydrogen-bond acceptors (Lipinski definition) is 4. The van der Waals surface area contributed by atoms with Crippen LogP contribution in [0.2, 0.25) is 5.02 Å². The lowest BCUT2D eigenvalue weighted by Crippen LogP contribution is -2.39. The second-order valence-electron chi connectivity index (χ2n) is 5.53. The van der Waals surface area contributed by atoms with Gasteiger partial charge in [0, 0.05) is 30.4 Å². The van der Waals surface area contributed by atoms with E-state index in [9.17, 15) is 8.42 Å². The molecule has 1 aliphatic rings. The van der Waals surface area contributed by atoms with Gasteiger partial charge in [-0.3, -0.25) is 4.98 Å². The molecule has 9 heteroatoms. The van der Waals surface area contributed by atoms with Crippen LogP contribution in [0.1, 0.15) is 25.1 Å². The summed E-state index contributed by atoms with van der Waals surface area (Å²) >= 11 is 5.91. The van der Waals surface area contributed by atoms with Crippen LogP contribution in [-0.4, -0.2) is 37.1 Å². The van der Waals surface area contributed by atoms with Gasteiger partial charge < -0.3 is 5.32 Å². The van der Waals surface area contributed by atoms with Crippen LogP contribution in [0.3, 0.4) is 0 Å². The van der Waals surface area contributed by atoms with E-state index in [0.29, 0.717) is 18.0 Å². The lowest BCUT2D eigenvalue weighted by Gasteiger charge is -2.24. The van der Waals surface area contributed by atoms with Crippen LogP contribution in [0.5, 0.6) is 0 Å². The fraction of sp³-hybridized carbons (Fsp3) is 0.235. The molecule has 0 aliphatic carbocycles.